The lowest BCUT2D eigenvalue weighted by atomic mass is 10.1. The summed E-state index contributed by atoms with van der Waals surface area (Å²) in [6.07, 6.45) is 1.34. The highest BCUT2D eigenvalue weighted by Gasteiger charge is 2.18. The summed E-state index contributed by atoms with van der Waals surface area (Å²) in [7, 11) is 0. The number of benzene rings is 1. The first kappa shape index (κ1) is 11.6. The molecule has 0 unspecified atom stereocenters. The summed E-state index contributed by atoms with van der Waals surface area (Å²) < 4.78 is 4.94. The van der Waals surface area contributed by atoms with Crippen LogP contribution in [0.1, 0.15) is 12.0 Å². The molecule has 1 amide bonds. The summed E-state index contributed by atoms with van der Waals surface area (Å²) in [6, 6.07) is 5.10. The predicted molar refractivity (Wildman–Crippen MR) is 63.8 cm³/mol. The van der Waals surface area contributed by atoms with E-state index in [0.717, 1.165) is 18.5 Å². The van der Waals surface area contributed by atoms with Crippen molar-refractivity contribution in [2.75, 3.05) is 25.4 Å². The number of nitrogen functional groups attached to an aromatic ring is 1. The Bertz CT molecular complexity index is 420. The lowest BCUT2D eigenvalue weighted by Gasteiger charge is -2.26. The Morgan fingerprint density at radius 3 is 3.00 bits per heavy atom. The van der Waals surface area contributed by atoms with E-state index in [4.69, 9.17) is 10.5 Å². The molecule has 3 N–H and O–H groups in total. The van der Waals surface area contributed by atoms with Crippen LogP contribution in [0.25, 0.3) is 0 Å². The van der Waals surface area contributed by atoms with Gasteiger partial charge in [0.25, 0.3) is 0 Å². The molecule has 0 bridgehead atoms. The van der Waals surface area contributed by atoms with Gasteiger partial charge in [0.1, 0.15) is 5.75 Å². The van der Waals surface area contributed by atoms with E-state index < -0.39 is 0 Å². The predicted octanol–water partition coefficient (Wildman–Crippen LogP) is 1.36. The van der Waals surface area contributed by atoms with Gasteiger partial charge in [-0.3, -0.25) is 0 Å². The lowest BCUT2D eigenvalue weighted by Crippen LogP contribution is -2.38. The van der Waals surface area contributed by atoms with Gasteiger partial charge in [-0.15, -0.1) is 0 Å². The zero-order valence-electron chi connectivity index (χ0n) is 9.56. The summed E-state index contributed by atoms with van der Waals surface area (Å²) in [5.41, 5.74) is 6.96. The maximum absolute atomic E-state index is 11.4. The van der Waals surface area contributed by atoms with E-state index in [1.807, 2.05) is 0 Å². The van der Waals surface area contributed by atoms with Crippen molar-refractivity contribution in [3.8, 4) is 5.75 Å². The first-order valence-corrected chi connectivity index (χ1v) is 5.66. The van der Waals surface area contributed by atoms with E-state index in [-0.39, 0.29) is 11.8 Å². The molecule has 1 saturated heterocycles. The van der Waals surface area contributed by atoms with Crippen LogP contribution in [0.4, 0.5) is 10.5 Å². The van der Waals surface area contributed by atoms with Crippen molar-refractivity contribution >= 4 is 11.8 Å². The molecule has 0 radical (unpaired) electrons. The number of rotatable bonds is 3. The second kappa shape index (κ2) is 4.95. The second-order valence-electron chi connectivity index (χ2n) is 4.10. The number of amides is 1. The number of nitrogens with two attached hydrogens (primary N) is 1. The average Bonchev–Trinajstić information content (AvgIpc) is 2.32. The third kappa shape index (κ3) is 2.81. The minimum Gasteiger partial charge on any atom is -0.506 e. The number of cyclic esters (lactones) is 1. The Kier molecular flexibility index (Phi) is 3.37. The normalized spacial score (nSPS) is 15.8. The van der Waals surface area contributed by atoms with Crippen molar-refractivity contribution < 1.29 is 14.6 Å². The van der Waals surface area contributed by atoms with Gasteiger partial charge in [-0.2, -0.15) is 0 Å². The molecule has 1 heterocycles. The van der Waals surface area contributed by atoms with Crippen LogP contribution in [0.3, 0.4) is 0 Å². The Labute approximate surface area is 99.8 Å². The minimum atomic E-state index is -0.247. The molecule has 1 aromatic rings. The van der Waals surface area contributed by atoms with Crippen LogP contribution in [-0.4, -0.2) is 35.8 Å². The molecule has 5 nitrogen and oxygen atoms in total. The van der Waals surface area contributed by atoms with Crippen LogP contribution in [0.5, 0.6) is 5.75 Å². The van der Waals surface area contributed by atoms with Crippen LogP contribution in [0.15, 0.2) is 18.2 Å². The van der Waals surface area contributed by atoms with Gasteiger partial charge in [-0.05, 0) is 30.5 Å². The first-order valence-electron chi connectivity index (χ1n) is 5.66. The number of anilines is 1. The zero-order valence-corrected chi connectivity index (χ0v) is 9.56. The standard InChI is InChI=1S/C12H16N2O3/c13-10-8-9(2-3-11(10)15)4-6-14-5-1-7-17-12(14)16/h2-3,8,15H,1,4-7,13H2. The van der Waals surface area contributed by atoms with Gasteiger partial charge >= 0.3 is 6.09 Å². The number of phenols is 1. The Hall–Kier alpha value is -1.91. The molecule has 0 spiro atoms. The van der Waals surface area contributed by atoms with Crippen molar-refractivity contribution in [1.29, 1.82) is 0 Å². The molecule has 5 heteroatoms. The molecule has 17 heavy (non-hydrogen) atoms. The van der Waals surface area contributed by atoms with E-state index in [2.05, 4.69) is 0 Å². The first-order chi connectivity index (χ1) is 8.16. The lowest BCUT2D eigenvalue weighted by molar-refractivity contribution is 0.0735. The zero-order chi connectivity index (χ0) is 12.3. The topological polar surface area (TPSA) is 75.8 Å². The summed E-state index contributed by atoms with van der Waals surface area (Å²) in [5.74, 6) is 0.0890. The smallest absolute Gasteiger partial charge is 0.409 e. The quantitative estimate of drug-likeness (QED) is 0.613. The van der Waals surface area contributed by atoms with Crippen LogP contribution in [0.2, 0.25) is 0 Å². The van der Waals surface area contributed by atoms with Crippen LogP contribution >= 0.6 is 0 Å². The van der Waals surface area contributed by atoms with Gasteiger partial charge in [-0.25, -0.2) is 4.79 Å². The number of aromatic hydroxyl groups is 1. The monoisotopic (exact) mass is 236 g/mol. The van der Waals surface area contributed by atoms with Gasteiger partial charge in [-0.1, -0.05) is 6.07 Å². The SMILES string of the molecule is Nc1cc(CCN2CCCOC2=O)ccc1O. The number of ether oxygens (including phenoxy) is 1. The molecule has 0 aliphatic carbocycles. The van der Waals surface area contributed by atoms with Crippen LogP contribution in [0, 0.1) is 0 Å². The molecular formula is C12H16N2O3. The maximum Gasteiger partial charge on any atom is 0.409 e. The summed E-state index contributed by atoms with van der Waals surface area (Å²) in [5, 5.41) is 9.29. The van der Waals surface area contributed by atoms with Crippen molar-refractivity contribution in [3.05, 3.63) is 23.8 Å². The summed E-state index contributed by atoms with van der Waals surface area (Å²) >= 11 is 0. The Morgan fingerprint density at radius 1 is 1.47 bits per heavy atom. The van der Waals surface area contributed by atoms with Crippen LogP contribution < -0.4 is 5.73 Å². The molecule has 0 aromatic heterocycles. The van der Waals surface area contributed by atoms with Crippen LogP contribution in [-0.2, 0) is 11.2 Å². The highest BCUT2D eigenvalue weighted by molar-refractivity contribution is 5.68. The minimum absolute atomic E-state index is 0.0890. The van der Waals surface area contributed by atoms with E-state index >= 15 is 0 Å². The van der Waals surface area contributed by atoms with E-state index in [1.54, 1.807) is 23.1 Å². The maximum atomic E-state index is 11.4. The number of nitrogens with zero attached hydrogens (tertiary/aromatic N) is 1. The Balaban J connectivity index is 1.92. The van der Waals surface area contributed by atoms with Gasteiger partial charge < -0.3 is 20.5 Å². The number of hydrogen-bond donors (Lipinski definition) is 2. The summed E-state index contributed by atoms with van der Waals surface area (Å²) in [4.78, 5) is 13.1. The fourth-order valence-electron chi connectivity index (χ4n) is 1.82. The van der Waals surface area contributed by atoms with Crippen molar-refractivity contribution in [2.45, 2.75) is 12.8 Å². The highest BCUT2D eigenvalue weighted by Crippen LogP contribution is 2.20. The third-order valence-corrected chi connectivity index (χ3v) is 2.82. The Morgan fingerprint density at radius 2 is 2.29 bits per heavy atom. The number of phenolic OH excluding ortho intramolecular Hbond substituents is 1. The van der Waals surface area contributed by atoms with Crippen molar-refractivity contribution in [1.82, 2.24) is 4.90 Å². The molecule has 92 valence electrons. The molecule has 2 rings (SSSR count). The molecule has 1 aromatic carbocycles. The molecule has 0 atom stereocenters. The van der Waals surface area contributed by atoms with Gasteiger partial charge in [0.2, 0.25) is 0 Å². The number of carbonyl (C=O) groups excluding carboxylic acids is 1. The second-order valence-corrected chi connectivity index (χ2v) is 4.10. The van der Waals surface area contributed by atoms with Gasteiger partial charge in [0.15, 0.2) is 0 Å². The summed E-state index contributed by atoms with van der Waals surface area (Å²) in [6.45, 7) is 1.87. The highest BCUT2D eigenvalue weighted by atomic mass is 16.6. The molecular weight excluding hydrogens is 220 g/mol. The number of carbonyl (C=O) groups is 1. The van der Waals surface area contributed by atoms with E-state index in [0.29, 0.717) is 25.3 Å². The van der Waals surface area contributed by atoms with Crippen molar-refractivity contribution in [3.63, 3.8) is 0 Å². The molecule has 1 aliphatic heterocycles. The third-order valence-electron chi connectivity index (χ3n) is 2.82. The van der Waals surface area contributed by atoms with Gasteiger partial charge in [0.05, 0.1) is 12.3 Å². The fourth-order valence-corrected chi connectivity index (χ4v) is 1.82. The molecule has 1 fully saturated rings. The van der Waals surface area contributed by atoms with Crippen molar-refractivity contribution in [2.24, 2.45) is 0 Å². The average molecular weight is 236 g/mol. The van der Waals surface area contributed by atoms with Gasteiger partial charge in [0, 0.05) is 13.1 Å². The van der Waals surface area contributed by atoms with E-state index in [9.17, 15) is 9.90 Å². The molecule has 1 aliphatic rings. The van der Waals surface area contributed by atoms with E-state index in [1.165, 1.54) is 0 Å². The number of hydrogen-bond acceptors (Lipinski definition) is 4. The fraction of sp³-hybridized carbons (Fsp3) is 0.417. The largest absolute Gasteiger partial charge is 0.506 e. The molecule has 0 saturated carbocycles.